The molecule has 2 aromatic rings. The fraction of sp³-hybridized carbons (Fsp3) is 0.400. The molecular formula is C15H18N2O3. The van der Waals surface area contributed by atoms with Crippen LogP contribution in [0.15, 0.2) is 16.7 Å². The summed E-state index contributed by atoms with van der Waals surface area (Å²) < 4.78 is 10.9. The minimum Gasteiger partial charge on any atom is -0.483 e. The molecule has 2 rings (SSSR count). The Morgan fingerprint density at radius 2 is 2.00 bits per heavy atom. The molecule has 0 saturated carbocycles. The van der Waals surface area contributed by atoms with Crippen LogP contribution in [0.5, 0.6) is 5.75 Å². The molecule has 0 fully saturated rings. The van der Waals surface area contributed by atoms with Gasteiger partial charge in [0, 0.05) is 12.0 Å². The van der Waals surface area contributed by atoms with Gasteiger partial charge >= 0.3 is 0 Å². The summed E-state index contributed by atoms with van der Waals surface area (Å²) in [7, 11) is 0. The molecule has 106 valence electrons. The first-order valence-electron chi connectivity index (χ1n) is 6.64. The monoisotopic (exact) mass is 274 g/mol. The highest BCUT2D eigenvalue weighted by Gasteiger charge is 2.10. The quantitative estimate of drug-likeness (QED) is 0.757. The van der Waals surface area contributed by atoms with Crippen LogP contribution in [0.3, 0.4) is 0 Å². The van der Waals surface area contributed by atoms with E-state index in [1.54, 1.807) is 12.1 Å². The van der Waals surface area contributed by atoms with E-state index < -0.39 is 0 Å². The van der Waals surface area contributed by atoms with Crippen molar-refractivity contribution >= 4 is 6.29 Å². The maximum Gasteiger partial charge on any atom is 0.264 e. The Morgan fingerprint density at radius 3 is 2.60 bits per heavy atom. The third-order valence-corrected chi connectivity index (χ3v) is 2.94. The number of aldehydes is 1. The largest absolute Gasteiger partial charge is 0.483 e. The van der Waals surface area contributed by atoms with Gasteiger partial charge < -0.3 is 9.26 Å². The number of aryl methyl sites for hydroxylation is 3. The zero-order valence-electron chi connectivity index (χ0n) is 12.0. The van der Waals surface area contributed by atoms with E-state index in [-0.39, 0.29) is 6.61 Å². The lowest BCUT2D eigenvalue weighted by molar-refractivity contribution is 0.112. The van der Waals surface area contributed by atoms with Gasteiger partial charge in [0.2, 0.25) is 0 Å². The molecule has 5 heteroatoms. The van der Waals surface area contributed by atoms with Crippen molar-refractivity contribution in [1.82, 2.24) is 10.1 Å². The fourth-order valence-electron chi connectivity index (χ4n) is 2.09. The summed E-state index contributed by atoms with van der Waals surface area (Å²) in [5.74, 6) is 1.92. The maximum atomic E-state index is 10.8. The minimum atomic E-state index is 0.235. The summed E-state index contributed by atoms with van der Waals surface area (Å²) >= 11 is 0. The molecule has 0 amide bonds. The van der Waals surface area contributed by atoms with Crippen molar-refractivity contribution in [3.8, 4) is 5.75 Å². The van der Waals surface area contributed by atoms with Crippen molar-refractivity contribution in [2.24, 2.45) is 0 Å². The molecule has 1 aromatic heterocycles. The normalized spacial score (nSPS) is 10.6. The maximum absolute atomic E-state index is 10.8. The van der Waals surface area contributed by atoms with Crippen LogP contribution in [0.1, 0.15) is 46.5 Å². The smallest absolute Gasteiger partial charge is 0.264 e. The van der Waals surface area contributed by atoms with Gasteiger partial charge in [-0.2, -0.15) is 4.98 Å². The molecule has 0 unspecified atom stereocenters. The van der Waals surface area contributed by atoms with E-state index in [0.29, 0.717) is 17.3 Å². The Balaban J connectivity index is 2.08. The van der Waals surface area contributed by atoms with Crippen LogP contribution in [-0.2, 0) is 13.0 Å². The lowest BCUT2D eigenvalue weighted by Gasteiger charge is -2.11. The Morgan fingerprint density at radius 1 is 1.30 bits per heavy atom. The van der Waals surface area contributed by atoms with Crippen molar-refractivity contribution in [2.75, 3.05) is 0 Å². The molecule has 0 aliphatic heterocycles. The van der Waals surface area contributed by atoms with Crippen molar-refractivity contribution in [3.63, 3.8) is 0 Å². The Kier molecular flexibility index (Phi) is 4.50. The third-order valence-electron chi connectivity index (χ3n) is 2.94. The number of rotatable bonds is 6. The zero-order valence-corrected chi connectivity index (χ0v) is 12.0. The first-order chi connectivity index (χ1) is 9.63. The molecule has 1 heterocycles. The van der Waals surface area contributed by atoms with Crippen LogP contribution in [-0.4, -0.2) is 16.4 Å². The third kappa shape index (κ3) is 3.23. The van der Waals surface area contributed by atoms with E-state index in [4.69, 9.17) is 9.26 Å². The van der Waals surface area contributed by atoms with E-state index in [1.165, 1.54) is 0 Å². The summed E-state index contributed by atoms with van der Waals surface area (Å²) in [6, 6.07) is 3.59. The second kappa shape index (κ2) is 6.32. The van der Waals surface area contributed by atoms with E-state index in [1.807, 2.05) is 13.8 Å². The zero-order chi connectivity index (χ0) is 14.5. The number of carbonyl (C=O) groups is 1. The molecule has 0 aliphatic rings. The van der Waals surface area contributed by atoms with Crippen molar-refractivity contribution in [3.05, 3.63) is 40.5 Å². The Labute approximate surface area is 118 Å². The summed E-state index contributed by atoms with van der Waals surface area (Å²) in [4.78, 5) is 15.0. The number of hydrogen-bond donors (Lipinski definition) is 0. The highest BCUT2D eigenvalue weighted by molar-refractivity contribution is 5.76. The summed E-state index contributed by atoms with van der Waals surface area (Å²) in [6.45, 7) is 6.12. The topological polar surface area (TPSA) is 65.2 Å². The van der Waals surface area contributed by atoms with Gasteiger partial charge in [0.05, 0.1) is 0 Å². The number of carbonyl (C=O) groups excluding carboxylic acids is 1. The highest BCUT2D eigenvalue weighted by Crippen LogP contribution is 2.25. The van der Waals surface area contributed by atoms with E-state index in [0.717, 1.165) is 36.0 Å². The van der Waals surface area contributed by atoms with Crippen LogP contribution in [0.25, 0.3) is 0 Å². The van der Waals surface area contributed by atoms with Crippen LogP contribution < -0.4 is 4.74 Å². The number of ether oxygens (including phenoxy) is 1. The average Bonchev–Trinajstić information content (AvgIpc) is 2.85. The summed E-state index contributed by atoms with van der Waals surface area (Å²) in [5.41, 5.74) is 2.48. The standard InChI is InChI=1S/C15H18N2O3/c1-4-5-13-16-14(20-17-13)9-19-15-10(2)6-12(8-18)7-11(15)3/h6-8H,4-5,9H2,1-3H3. The molecule has 0 saturated heterocycles. The van der Waals surface area contributed by atoms with Crippen molar-refractivity contribution in [2.45, 2.75) is 40.2 Å². The average molecular weight is 274 g/mol. The van der Waals surface area contributed by atoms with Gasteiger partial charge in [-0.3, -0.25) is 4.79 Å². The number of aromatic nitrogens is 2. The van der Waals surface area contributed by atoms with Crippen molar-refractivity contribution in [1.29, 1.82) is 0 Å². The number of hydrogen-bond acceptors (Lipinski definition) is 5. The molecule has 0 N–H and O–H groups in total. The van der Waals surface area contributed by atoms with E-state index >= 15 is 0 Å². The van der Waals surface area contributed by atoms with Crippen LogP contribution >= 0.6 is 0 Å². The van der Waals surface area contributed by atoms with Gasteiger partial charge in [0.1, 0.15) is 12.0 Å². The predicted molar refractivity (Wildman–Crippen MR) is 73.9 cm³/mol. The first kappa shape index (κ1) is 14.2. The molecule has 0 aliphatic carbocycles. The lowest BCUT2D eigenvalue weighted by Crippen LogP contribution is -2.00. The van der Waals surface area contributed by atoms with E-state index in [9.17, 15) is 4.79 Å². The second-order valence-corrected chi connectivity index (χ2v) is 4.74. The fourth-order valence-corrected chi connectivity index (χ4v) is 2.09. The first-order valence-corrected chi connectivity index (χ1v) is 6.64. The van der Waals surface area contributed by atoms with Crippen molar-refractivity contribution < 1.29 is 14.1 Å². The Hall–Kier alpha value is -2.17. The van der Waals surface area contributed by atoms with Crippen LogP contribution in [0.2, 0.25) is 0 Å². The number of nitrogens with zero attached hydrogens (tertiary/aromatic N) is 2. The van der Waals surface area contributed by atoms with Gasteiger partial charge in [-0.1, -0.05) is 12.1 Å². The van der Waals surface area contributed by atoms with Crippen LogP contribution in [0.4, 0.5) is 0 Å². The van der Waals surface area contributed by atoms with Gasteiger partial charge in [0.25, 0.3) is 5.89 Å². The van der Waals surface area contributed by atoms with Gasteiger partial charge in [-0.05, 0) is 43.5 Å². The van der Waals surface area contributed by atoms with Gasteiger partial charge in [-0.25, -0.2) is 0 Å². The molecule has 5 nitrogen and oxygen atoms in total. The molecule has 0 bridgehead atoms. The summed E-state index contributed by atoms with van der Waals surface area (Å²) in [6.07, 6.45) is 2.61. The Bertz CT molecular complexity index is 582. The molecular weight excluding hydrogens is 256 g/mol. The minimum absolute atomic E-state index is 0.235. The summed E-state index contributed by atoms with van der Waals surface area (Å²) in [5, 5.41) is 3.88. The van der Waals surface area contributed by atoms with E-state index in [2.05, 4.69) is 17.1 Å². The molecule has 20 heavy (non-hydrogen) atoms. The lowest BCUT2D eigenvalue weighted by atomic mass is 10.1. The van der Waals surface area contributed by atoms with Gasteiger partial charge in [0.15, 0.2) is 12.4 Å². The molecule has 0 spiro atoms. The number of benzene rings is 1. The molecule has 0 radical (unpaired) electrons. The van der Waals surface area contributed by atoms with Crippen LogP contribution in [0, 0.1) is 13.8 Å². The molecule has 0 atom stereocenters. The second-order valence-electron chi connectivity index (χ2n) is 4.74. The SMILES string of the molecule is CCCc1noc(COc2c(C)cc(C=O)cc2C)n1. The predicted octanol–water partition coefficient (Wildman–Crippen LogP) is 3.03. The molecule has 1 aromatic carbocycles. The highest BCUT2D eigenvalue weighted by atomic mass is 16.5. The van der Waals surface area contributed by atoms with Gasteiger partial charge in [-0.15, -0.1) is 0 Å².